The van der Waals surface area contributed by atoms with Crippen molar-refractivity contribution in [3.63, 3.8) is 0 Å². The topological polar surface area (TPSA) is 35.6 Å². The lowest BCUT2D eigenvalue weighted by Gasteiger charge is -2.32. The molecule has 2 rings (SSSR count). The van der Waals surface area contributed by atoms with Crippen LogP contribution in [-0.4, -0.2) is 31.6 Å². The molecule has 1 aliphatic rings. The maximum Gasteiger partial charge on any atom is 0.335 e. The van der Waals surface area contributed by atoms with Crippen molar-refractivity contribution in [2.45, 2.75) is 12.8 Å². The van der Waals surface area contributed by atoms with Crippen LogP contribution < -0.4 is 10.4 Å². The molecule has 0 fully saturated rings. The van der Waals surface area contributed by atoms with Gasteiger partial charge in [0.15, 0.2) is 0 Å². The van der Waals surface area contributed by atoms with Gasteiger partial charge in [0, 0.05) is 20.6 Å². The molecule has 1 aromatic rings. The third kappa shape index (κ3) is 2.10. The molecule has 1 aromatic carbocycles. The Kier molecular flexibility index (Phi) is 2.99. The fourth-order valence-corrected chi connectivity index (χ4v) is 1.87. The number of aryl methyl sites for hydroxylation is 1. The number of benzene rings is 1. The second kappa shape index (κ2) is 4.43. The van der Waals surface area contributed by atoms with Crippen LogP contribution in [0.15, 0.2) is 24.3 Å². The molecular formula is C12H17N3O. The van der Waals surface area contributed by atoms with Crippen molar-refractivity contribution in [2.24, 2.45) is 0 Å². The first-order valence-electron chi connectivity index (χ1n) is 5.52. The molecule has 1 heterocycles. The third-order valence-electron chi connectivity index (χ3n) is 2.75. The molecule has 0 atom stereocenters. The average Bonchev–Trinajstić information content (AvgIpc) is 2.29. The Hall–Kier alpha value is -1.71. The second-order valence-corrected chi connectivity index (χ2v) is 4.20. The zero-order chi connectivity index (χ0) is 11.5. The summed E-state index contributed by atoms with van der Waals surface area (Å²) in [5.74, 6) is 0. The Morgan fingerprint density at radius 1 is 1.38 bits per heavy atom. The van der Waals surface area contributed by atoms with Crippen LogP contribution >= 0.6 is 0 Å². The van der Waals surface area contributed by atoms with Crippen LogP contribution in [0.3, 0.4) is 0 Å². The molecule has 0 radical (unpaired) electrons. The average molecular weight is 219 g/mol. The summed E-state index contributed by atoms with van der Waals surface area (Å²) in [6.45, 7) is 0.872. The molecule has 2 amide bonds. The minimum atomic E-state index is -0.0864. The van der Waals surface area contributed by atoms with Gasteiger partial charge in [0.1, 0.15) is 0 Å². The predicted octanol–water partition coefficient (Wildman–Crippen LogP) is 1.63. The van der Waals surface area contributed by atoms with Gasteiger partial charge < -0.3 is 4.90 Å². The van der Waals surface area contributed by atoms with Crippen LogP contribution in [0.2, 0.25) is 0 Å². The zero-order valence-electron chi connectivity index (χ0n) is 9.73. The third-order valence-corrected chi connectivity index (χ3v) is 2.75. The summed E-state index contributed by atoms with van der Waals surface area (Å²) in [6.07, 6.45) is 2.16. The lowest BCUT2D eigenvalue weighted by atomic mass is 10.0. The van der Waals surface area contributed by atoms with Crippen molar-refractivity contribution in [3.8, 4) is 0 Å². The molecule has 0 saturated heterocycles. The number of hydrazine groups is 1. The molecule has 1 aliphatic heterocycles. The van der Waals surface area contributed by atoms with Gasteiger partial charge in [0.25, 0.3) is 0 Å². The Balaban J connectivity index is 2.16. The highest BCUT2D eigenvalue weighted by molar-refractivity contribution is 5.76. The summed E-state index contributed by atoms with van der Waals surface area (Å²) in [7, 11) is 3.48. The molecule has 0 spiro atoms. The number of nitrogens with one attached hydrogen (secondary N) is 1. The zero-order valence-corrected chi connectivity index (χ0v) is 9.73. The van der Waals surface area contributed by atoms with Crippen LogP contribution in [0.1, 0.15) is 12.0 Å². The van der Waals surface area contributed by atoms with Crippen molar-refractivity contribution in [1.82, 2.24) is 10.3 Å². The highest BCUT2D eigenvalue weighted by atomic mass is 16.2. The molecule has 1 N–H and O–H groups in total. The van der Waals surface area contributed by atoms with Gasteiger partial charge in [0.05, 0.1) is 5.69 Å². The van der Waals surface area contributed by atoms with Gasteiger partial charge >= 0.3 is 6.03 Å². The summed E-state index contributed by atoms with van der Waals surface area (Å²) >= 11 is 0. The molecule has 0 unspecified atom stereocenters. The van der Waals surface area contributed by atoms with Crippen LogP contribution in [0, 0.1) is 0 Å². The molecular weight excluding hydrogens is 202 g/mol. The van der Waals surface area contributed by atoms with E-state index in [4.69, 9.17) is 0 Å². The highest BCUT2D eigenvalue weighted by Crippen LogP contribution is 2.24. The van der Waals surface area contributed by atoms with Crippen LogP contribution in [0.5, 0.6) is 0 Å². The number of carbonyl (C=O) groups is 1. The van der Waals surface area contributed by atoms with E-state index in [1.807, 2.05) is 23.2 Å². The van der Waals surface area contributed by atoms with E-state index in [-0.39, 0.29) is 6.03 Å². The lowest BCUT2D eigenvalue weighted by molar-refractivity contribution is 0.216. The molecule has 4 heteroatoms. The molecule has 0 saturated carbocycles. The number of amides is 2. The van der Waals surface area contributed by atoms with E-state index in [1.165, 1.54) is 10.5 Å². The monoisotopic (exact) mass is 219 g/mol. The van der Waals surface area contributed by atoms with Gasteiger partial charge in [0.2, 0.25) is 0 Å². The Labute approximate surface area is 95.8 Å². The van der Waals surface area contributed by atoms with Gasteiger partial charge in [-0.1, -0.05) is 18.2 Å². The first-order valence-corrected chi connectivity index (χ1v) is 5.52. The van der Waals surface area contributed by atoms with E-state index < -0.39 is 0 Å². The van der Waals surface area contributed by atoms with Crippen molar-refractivity contribution in [1.29, 1.82) is 0 Å². The minimum Gasteiger partial charge on any atom is -0.330 e. The number of para-hydroxylation sites is 1. The largest absolute Gasteiger partial charge is 0.335 e. The van der Waals surface area contributed by atoms with Crippen molar-refractivity contribution < 1.29 is 4.79 Å². The summed E-state index contributed by atoms with van der Waals surface area (Å²) in [6, 6.07) is 8.11. The van der Waals surface area contributed by atoms with E-state index in [0.717, 1.165) is 25.1 Å². The molecule has 0 aliphatic carbocycles. The van der Waals surface area contributed by atoms with Crippen molar-refractivity contribution >= 4 is 11.7 Å². The second-order valence-electron chi connectivity index (χ2n) is 4.20. The van der Waals surface area contributed by atoms with Crippen molar-refractivity contribution in [2.75, 3.05) is 25.6 Å². The van der Waals surface area contributed by atoms with Gasteiger partial charge in [-0.25, -0.2) is 10.2 Å². The van der Waals surface area contributed by atoms with Gasteiger partial charge in [-0.05, 0) is 24.5 Å². The predicted molar refractivity (Wildman–Crippen MR) is 64.3 cm³/mol. The van der Waals surface area contributed by atoms with Crippen LogP contribution in [0.25, 0.3) is 0 Å². The van der Waals surface area contributed by atoms with Gasteiger partial charge in [-0.3, -0.25) is 5.01 Å². The Bertz CT molecular complexity index is 390. The van der Waals surface area contributed by atoms with E-state index in [2.05, 4.69) is 11.5 Å². The maximum absolute atomic E-state index is 11.6. The summed E-state index contributed by atoms with van der Waals surface area (Å²) in [5.41, 5.74) is 5.31. The highest BCUT2D eigenvalue weighted by Gasteiger charge is 2.18. The summed E-state index contributed by atoms with van der Waals surface area (Å²) in [5, 5.41) is 1.93. The normalized spacial score (nSPS) is 14.2. The Morgan fingerprint density at radius 2 is 2.12 bits per heavy atom. The standard InChI is InChI=1S/C12H17N3O/c1-14(2)12(16)13-15-9-5-7-10-6-3-4-8-11(10)15/h3-4,6,8H,5,7,9H2,1-2H3,(H,13,16). The van der Waals surface area contributed by atoms with Crippen LogP contribution in [-0.2, 0) is 6.42 Å². The smallest absolute Gasteiger partial charge is 0.330 e. The maximum atomic E-state index is 11.6. The molecule has 4 nitrogen and oxygen atoms in total. The molecule has 16 heavy (non-hydrogen) atoms. The van der Waals surface area contributed by atoms with E-state index in [0.29, 0.717) is 0 Å². The molecule has 0 aromatic heterocycles. The number of hydrogen-bond donors (Lipinski definition) is 1. The fraction of sp³-hybridized carbons (Fsp3) is 0.417. The quantitative estimate of drug-likeness (QED) is 0.779. The lowest BCUT2D eigenvalue weighted by Crippen LogP contribution is -2.49. The number of nitrogens with zero attached hydrogens (tertiary/aromatic N) is 2. The first-order chi connectivity index (χ1) is 7.68. The van der Waals surface area contributed by atoms with Crippen molar-refractivity contribution in [3.05, 3.63) is 29.8 Å². The fourth-order valence-electron chi connectivity index (χ4n) is 1.87. The van der Waals surface area contributed by atoms with Gasteiger partial charge in [-0.15, -0.1) is 0 Å². The number of urea groups is 1. The minimum absolute atomic E-state index is 0.0864. The van der Waals surface area contributed by atoms with E-state index in [9.17, 15) is 4.79 Å². The van der Waals surface area contributed by atoms with Gasteiger partial charge in [-0.2, -0.15) is 0 Å². The van der Waals surface area contributed by atoms with Crippen LogP contribution in [0.4, 0.5) is 10.5 Å². The number of anilines is 1. The number of carbonyl (C=O) groups excluding carboxylic acids is 1. The summed E-state index contributed by atoms with van der Waals surface area (Å²) < 4.78 is 0. The van der Waals surface area contributed by atoms with E-state index >= 15 is 0 Å². The molecule has 0 bridgehead atoms. The van der Waals surface area contributed by atoms with E-state index in [1.54, 1.807) is 14.1 Å². The SMILES string of the molecule is CN(C)C(=O)NN1CCCc2ccccc21. The number of rotatable bonds is 1. The first kappa shape index (κ1) is 10.8. The molecule has 86 valence electrons. The number of fused-ring (bicyclic) bond motifs is 1. The summed E-state index contributed by atoms with van der Waals surface area (Å²) in [4.78, 5) is 13.1. The Morgan fingerprint density at radius 3 is 2.88 bits per heavy atom. The number of hydrogen-bond acceptors (Lipinski definition) is 2.